The number of rotatable bonds is 5. The molecule has 0 saturated carbocycles. The summed E-state index contributed by atoms with van der Waals surface area (Å²) in [6.07, 6.45) is 0. The first-order chi connectivity index (χ1) is 10.9. The SMILES string of the molecule is Cc1nn(C)c(C)c1CNC(=S)Nc1ccccc1OC(F)F. The van der Waals surface area contributed by atoms with Gasteiger partial charge in [-0.3, -0.25) is 4.68 Å². The number of ether oxygens (including phenoxy) is 1. The summed E-state index contributed by atoms with van der Waals surface area (Å²) in [6.45, 7) is 1.50. The lowest BCUT2D eigenvalue weighted by Gasteiger charge is -2.14. The molecule has 2 rings (SSSR count). The average molecular weight is 340 g/mol. The maximum Gasteiger partial charge on any atom is 0.387 e. The van der Waals surface area contributed by atoms with Crippen LogP contribution < -0.4 is 15.4 Å². The van der Waals surface area contributed by atoms with Gasteiger partial charge in [-0.05, 0) is 38.2 Å². The third-order valence-electron chi connectivity index (χ3n) is 3.44. The molecule has 5 nitrogen and oxygen atoms in total. The van der Waals surface area contributed by atoms with Crippen LogP contribution >= 0.6 is 12.2 Å². The molecule has 23 heavy (non-hydrogen) atoms. The minimum atomic E-state index is -2.89. The third kappa shape index (κ3) is 4.38. The zero-order chi connectivity index (χ0) is 17.0. The Morgan fingerprint density at radius 2 is 2.04 bits per heavy atom. The lowest BCUT2D eigenvalue weighted by Crippen LogP contribution is -2.28. The van der Waals surface area contributed by atoms with Crippen LogP contribution in [0.3, 0.4) is 0 Å². The number of aryl methyl sites for hydroxylation is 2. The third-order valence-corrected chi connectivity index (χ3v) is 3.68. The lowest BCUT2D eigenvalue weighted by molar-refractivity contribution is -0.0493. The molecule has 0 aliphatic rings. The van der Waals surface area contributed by atoms with Gasteiger partial charge in [-0.15, -0.1) is 0 Å². The fourth-order valence-electron chi connectivity index (χ4n) is 2.18. The highest BCUT2D eigenvalue weighted by Crippen LogP contribution is 2.25. The number of nitrogens with one attached hydrogen (secondary N) is 2. The first-order valence-electron chi connectivity index (χ1n) is 6.96. The maximum absolute atomic E-state index is 12.4. The van der Waals surface area contributed by atoms with Gasteiger partial charge in [0, 0.05) is 24.8 Å². The first kappa shape index (κ1) is 17.1. The topological polar surface area (TPSA) is 51.1 Å². The molecule has 1 aromatic carbocycles. The number of aromatic nitrogens is 2. The Bertz CT molecular complexity index is 703. The summed E-state index contributed by atoms with van der Waals surface area (Å²) in [6, 6.07) is 6.39. The van der Waals surface area contributed by atoms with Gasteiger partial charge in [0.05, 0.1) is 11.4 Å². The minimum Gasteiger partial charge on any atom is -0.433 e. The van der Waals surface area contributed by atoms with E-state index in [-0.39, 0.29) is 5.75 Å². The van der Waals surface area contributed by atoms with Gasteiger partial charge in [-0.2, -0.15) is 13.9 Å². The molecule has 0 bridgehead atoms. The molecule has 0 saturated heterocycles. The largest absolute Gasteiger partial charge is 0.433 e. The van der Waals surface area contributed by atoms with Gasteiger partial charge in [0.1, 0.15) is 5.75 Å². The van der Waals surface area contributed by atoms with E-state index in [9.17, 15) is 8.78 Å². The number of para-hydroxylation sites is 2. The Hall–Kier alpha value is -2.22. The van der Waals surface area contributed by atoms with Crippen LogP contribution in [0.1, 0.15) is 17.0 Å². The number of alkyl halides is 2. The van der Waals surface area contributed by atoms with Crippen molar-refractivity contribution in [3.8, 4) is 5.75 Å². The fourth-order valence-corrected chi connectivity index (χ4v) is 2.36. The average Bonchev–Trinajstić information content (AvgIpc) is 2.72. The Balaban J connectivity index is 2.00. The highest BCUT2D eigenvalue weighted by molar-refractivity contribution is 7.80. The second-order valence-corrected chi connectivity index (χ2v) is 5.36. The zero-order valence-electron chi connectivity index (χ0n) is 13.1. The number of hydrogen-bond donors (Lipinski definition) is 2. The van der Waals surface area contributed by atoms with Crippen molar-refractivity contribution >= 4 is 23.0 Å². The van der Waals surface area contributed by atoms with Crippen LogP contribution in [0.4, 0.5) is 14.5 Å². The summed E-state index contributed by atoms with van der Waals surface area (Å²) < 4.78 is 31.0. The second-order valence-electron chi connectivity index (χ2n) is 4.96. The molecule has 0 atom stereocenters. The smallest absolute Gasteiger partial charge is 0.387 e. The zero-order valence-corrected chi connectivity index (χ0v) is 13.9. The van der Waals surface area contributed by atoms with Crippen LogP contribution in [0.25, 0.3) is 0 Å². The van der Waals surface area contributed by atoms with Crippen molar-refractivity contribution in [3.63, 3.8) is 0 Å². The van der Waals surface area contributed by atoms with Crippen LogP contribution in [0.5, 0.6) is 5.75 Å². The van der Waals surface area contributed by atoms with Crippen molar-refractivity contribution in [2.24, 2.45) is 7.05 Å². The van der Waals surface area contributed by atoms with E-state index in [1.807, 2.05) is 20.9 Å². The van der Waals surface area contributed by atoms with Gasteiger partial charge in [0.25, 0.3) is 0 Å². The van der Waals surface area contributed by atoms with Crippen LogP contribution in [-0.2, 0) is 13.6 Å². The number of halogens is 2. The van der Waals surface area contributed by atoms with Crippen molar-refractivity contribution in [2.45, 2.75) is 27.0 Å². The second kappa shape index (κ2) is 7.36. The number of hydrogen-bond acceptors (Lipinski definition) is 3. The Labute approximate surface area is 138 Å². The van der Waals surface area contributed by atoms with Crippen LogP contribution in [0, 0.1) is 13.8 Å². The molecule has 2 aromatic rings. The molecule has 0 aliphatic heterocycles. The molecule has 0 amide bonds. The highest BCUT2D eigenvalue weighted by Gasteiger charge is 2.12. The van der Waals surface area contributed by atoms with E-state index >= 15 is 0 Å². The molecule has 0 fully saturated rings. The lowest BCUT2D eigenvalue weighted by atomic mass is 10.2. The number of thiocarbonyl (C=S) groups is 1. The van der Waals surface area contributed by atoms with Crippen molar-refractivity contribution in [3.05, 3.63) is 41.2 Å². The van der Waals surface area contributed by atoms with Crippen molar-refractivity contribution in [2.75, 3.05) is 5.32 Å². The Kier molecular flexibility index (Phi) is 5.49. The molecule has 1 aromatic heterocycles. The monoisotopic (exact) mass is 340 g/mol. The molecular formula is C15H18F2N4OS. The van der Waals surface area contributed by atoms with E-state index in [4.69, 9.17) is 12.2 Å². The van der Waals surface area contributed by atoms with Crippen LogP contribution in [-0.4, -0.2) is 21.5 Å². The molecule has 0 unspecified atom stereocenters. The van der Waals surface area contributed by atoms with E-state index in [1.165, 1.54) is 6.07 Å². The van der Waals surface area contributed by atoms with Gasteiger partial charge in [0.15, 0.2) is 5.11 Å². The normalized spacial score (nSPS) is 10.7. The van der Waals surface area contributed by atoms with E-state index in [2.05, 4.69) is 20.5 Å². The van der Waals surface area contributed by atoms with E-state index < -0.39 is 6.61 Å². The molecule has 1 heterocycles. The van der Waals surface area contributed by atoms with Gasteiger partial charge in [0.2, 0.25) is 0 Å². The van der Waals surface area contributed by atoms with E-state index in [0.717, 1.165) is 17.0 Å². The molecule has 2 N–H and O–H groups in total. The molecule has 8 heteroatoms. The summed E-state index contributed by atoms with van der Waals surface area (Å²) in [5, 5.41) is 10.6. The molecule has 0 radical (unpaired) electrons. The Morgan fingerprint density at radius 1 is 1.35 bits per heavy atom. The van der Waals surface area contributed by atoms with Crippen molar-refractivity contribution < 1.29 is 13.5 Å². The Morgan fingerprint density at radius 3 is 2.65 bits per heavy atom. The predicted octanol–water partition coefficient (Wildman–Crippen LogP) is 3.12. The first-order valence-corrected chi connectivity index (χ1v) is 7.37. The van der Waals surface area contributed by atoms with E-state index in [0.29, 0.717) is 17.3 Å². The molecule has 124 valence electrons. The molecular weight excluding hydrogens is 322 g/mol. The summed E-state index contributed by atoms with van der Waals surface area (Å²) in [5.74, 6) is 0.0420. The minimum absolute atomic E-state index is 0.0420. The summed E-state index contributed by atoms with van der Waals surface area (Å²) in [7, 11) is 1.88. The quantitative estimate of drug-likeness (QED) is 0.819. The van der Waals surface area contributed by atoms with E-state index in [1.54, 1.807) is 22.9 Å². The van der Waals surface area contributed by atoms with Gasteiger partial charge >= 0.3 is 6.61 Å². The van der Waals surface area contributed by atoms with Gasteiger partial charge in [-0.1, -0.05) is 12.1 Å². The van der Waals surface area contributed by atoms with Crippen LogP contribution in [0.15, 0.2) is 24.3 Å². The molecule has 0 aliphatic carbocycles. The van der Waals surface area contributed by atoms with Crippen LogP contribution in [0.2, 0.25) is 0 Å². The standard InChI is InChI=1S/C15H18F2N4OS/c1-9-11(10(2)21(3)20-9)8-18-15(23)19-12-6-4-5-7-13(12)22-14(16)17/h4-7,14H,8H2,1-3H3,(H2,18,19,23). The van der Waals surface area contributed by atoms with Crippen molar-refractivity contribution in [1.82, 2.24) is 15.1 Å². The van der Waals surface area contributed by atoms with Gasteiger partial charge in [-0.25, -0.2) is 0 Å². The summed E-state index contributed by atoms with van der Waals surface area (Å²) in [5.41, 5.74) is 3.39. The highest BCUT2D eigenvalue weighted by atomic mass is 32.1. The summed E-state index contributed by atoms with van der Waals surface area (Å²) >= 11 is 5.21. The number of nitrogens with zero attached hydrogens (tertiary/aromatic N) is 2. The maximum atomic E-state index is 12.4. The number of anilines is 1. The van der Waals surface area contributed by atoms with Crippen molar-refractivity contribution in [1.29, 1.82) is 0 Å². The van der Waals surface area contributed by atoms with Gasteiger partial charge < -0.3 is 15.4 Å². The molecule has 0 spiro atoms. The fraction of sp³-hybridized carbons (Fsp3) is 0.333. The predicted molar refractivity (Wildman–Crippen MR) is 88.8 cm³/mol. The number of benzene rings is 1. The summed E-state index contributed by atoms with van der Waals surface area (Å²) in [4.78, 5) is 0.